The van der Waals surface area contributed by atoms with Gasteiger partial charge in [-0.25, -0.2) is 9.48 Å². The van der Waals surface area contributed by atoms with Gasteiger partial charge in [0.2, 0.25) is 0 Å². The lowest BCUT2D eigenvalue weighted by Gasteiger charge is -2.04. The van der Waals surface area contributed by atoms with Crippen molar-refractivity contribution in [2.45, 2.75) is 33.6 Å². The number of aromatic nitrogens is 2. The molecule has 5 nitrogen and oxygen atoms in total. The Morgan fingerprint density at radius 3 is 2.67 bits per heavy atom. The number of carbonyl (C=O) groups excluding carboxylic acids is 1. The molecule has 0 spiro atoms. The van der Waals surface area contributed by atoms with E-state index in [9.17, 15) is 10.1 Å². The van der Waals surface area contributed by atoms with Gasteiger partial charge in [-0.15, -0.1) is 0 Å². The van der Waals surface area contributed by atoms with E-state index in [0.29, 0.717) is 6.61 Å². The van der Waals surface area contributed by atoms with Crippen LogP contribution in [0.15, 0.2) is 35.9 Å². The second-order valence-corrected chi connectivity index (χ2v) is 5.49. The number of hydrogen-bond acceptors (Lipinski definition) is 4. The number of para-hydroxylation sites is 1. The maximum absolute atomic E-state index is 12.0. The number of aryl methyl sites for hydroxylation is 1. The molecule has 0 aliphatic carbocycles. The van der Waals surface area contributed by atoms with Crippen molar-refractivity contribution >= 4 is 12.0 Å². The first-order valence-electron chi connectivity index (χ1n) is 7.99. The van der Waals surface area contributed by atoms with Crippen LogP contribution in [0.4, 0.5) is 0 Å². The van der Waals surface area contributed by atoms with E-state index in [1.165, 1.54) is 0 Å². The van der Waals surface area contributed by atoms with E-state index in [-0.39, 0.29) is 5.57 Å². The molecule has 5 heteroatoms. The van der Waals surface area contributed by atoms with Crippen molar-refractivity contribution in [2.24, 2.45) is 0 Å². The number of ether oxygens (including phenoxy) is 1. The second-order valence-electron chi connectivity index (χ2n) is 5.49. The first-order valence-corrected chi connectivity index (χ1v) is 7.99. The molecule has 0 unspecified atom stereocenters. The lowest BCUT2D eigenvalue weighted by molar-refractivity contribution is -0.138. The normalized spacial score (nSPS) is 11.2. The molecule has 0 saturated carbocycles. The predicted octanol–water partition coefficient (Wildman–Crippen LogP) is 3.74. The fraction of sp³-hybridized carbons (Fsp3) is 0.316. The number of nitrogens with zero attached hydrogens (tertiary/aromatic N) is 3. The van der Waals surface area contributed by atoms with Crippen LogP contribution in [0.2, 0.25) is 0 Å². The summed E-state index contributed by atoms with van der Waals surface area (Å²) < 4.78 is 6.93. The van der Waals surface area contributed by atoms with Crippen molar-refractivity contribution in [3.63, 3.8) is 0 Å². The van der Waals surface area contributed by atoms with E-state index in [4.69, 9.17) is 4.74 Å². The molecule has 2 rings (SSSR count). The second kappa shape index (κ2) is 8.11. The topological polar surface area (TPSA) is 67.9 Å². The monoisotopic (exact) mass is 323 g/mol. The Labute approximate surface area is 142 Å². The third-order valence-electron chi connectivity index (χ3n) is 3.71. The number of hydrogen-bond donors (Lipinski definition) is 0. The summed E-state index contributed by atoms with van der Waals surface area (Å²) >= 11 is 0. The minimum Gasteiger partial charge on any atom is -0.462 e. The molecule has 0 bridgehead atoms. The van der Waals surface area contributed by atoms with Gasteiger partial charge in [-0.05, 0) is 38.5 Å². The summed E-state index contributed by atoms with van der Waals surface area (Å²) in [7, 11) is 0. The quantitative estimate of drug-likeness (QED) is 0.351. The van der Waals surface area contributed by atoms with Gasteiger partial charge in [0.25, 0.3) is 0 Å². The van der Waals surface area contributed by atoms with E-state index in [1.54, 1.807) is 10.8 Å². The zero-order valence-electron chi connectivity index (χ0n) is 14.2. The van der Waals surface area contributed by atoms with Crippen molar-refractivity contribution < 1.29 is 9.53 Å². The van der Waals surface area contributed by atoms with E-state index in [0.717, 1.165) is 35.5 Å². The Balaban J connectivity index is 2.33. The van der Waals surface area contributed by atoms with Gasteiger partial charge in [0.15, 0.2) is 0 Å². The molecule has 1 aromatic carbocycles. The maximum Gasteiger partial charge on any atom is 0.348 e. The predicted molar refractivity (Wildman–Crippen MR) is 92.5 cm³/mol. The largest absolute Gasteiger partial charge is 0.462 e. The first kappa shape index (κ1) is 17.5. The van der Waals surface area contributed by atoms with Crippen LogP contribution >= 0.6 is 0 Å². The average molecular weight is 323 g/mol. The molecule has 1 heterocycles. The van der Waals surface area contributed by atoms with E-state index in [2.05, 4.69) is 5.10 Å². The lowest BCUT2D eigenvalue weighted by Crippen LogP contribution is -2.08. The summed E-state index contributed by atoms with van der Waals surface area (Å²) in [5, 5.41) is 13.8. The highest BCUT2D eigenvalue weighted by Crippen LogP contribution is 2.20. The molecule has 24 heavy (non-hydrogen) atoms. The minimum atomic E-state index is -0.586. The molecular formula is C19H21N3O2. The van der Waals surface area contributed by atoms with Crippen molar-refractivity contribution in [1.29, 1.82) is 5.26 Å². The van der Waals surface area contributed by atoms with Gasteiger partial charge in [0.1, 0.15) is 11.6 Å². The van der Waals surface area contributed by atoms with Crippen molar-refractivity contribution in [1.82, 2.24) is 9.78 Å². The van der Waals surface area contributed by atoms with Gasteiger partial charge < -0.3 is 4.74 Å². The molecule has 0 aliphatic heterocycles. The van der Waals surface area contributed by atoms with E-state index >= 15 is 0 Å². The fourth-order valence-corrected chi connectivity index (χ4v) is 2.35. The van der Waals surface area contributed by atoms with E-state index in [1.807, 2.05) is 57.2 Å². The van der Waals surface area contributed by atoms with Gasteiger partial charge in [-0.1, -0.05) is 31.5 Å². The van der Waals surface area contributed by atoms with Crippen molar-refractivity contribution in [3.05, 3.63) is 52.9 Å². The zero-order chi connectivity index (χ0) is 17.5. The summed E-state index contributed by atoms with van der Waals surface area (Å²) in [6, 6.07) is 11.7. The van der Waals surface area contributed by atoms with Crippen LogP contribution in [0.5, 0.6) is 0 Å². The molecule has 0 aliphatic rings. The summed E-state index contributed by atoms with van der Waals surface area (Å²) in [6.07, 6.45) is 3.28. The number of unbranched alkanes of at least 4 members (excludes halogenated alkanes) is 1. The third-order valence-corrected chi connectivity index (χ3v) is 3.71. The zero-order valence-corrected chi connectivity index (χ0v) is 14.2. The Bertz CT molecular complexity index is 783. The van der Waals surface area contributed by atoms with Crippen LogP contribution in [-0.2, 0) is 9.53 Å². The summed E-state index contributed by atoms with van der Waals surface area (Å²) in [5.41, 5.74) is 3.31. The maximum atomic E-state index is 12.0. The van der Waals surface area contributed by atoms with Crippen molar-refractivity contribution in [3.8, 4) is 11.8 Å². The molecular weight excluding hydrogens is 302 g/mol. The van der Waals surface area contributed by atoms with Gasteiger partial charge in [-0.3, -0.25) is 0 Å². The molecule has 0 amide bonds. The smallest absolute Gasteiger partial charge is 0.348 e. The van der Waals surface area contributed by atoms with Gasteiger partial charge in [0.05, 0.1) is 18.0 Å². The van der Waals surface area contributed by atoms with Crippen LogP contribution in [0.1, 0.15) is 36.7 Å². The SMILES string of the molecule is CCCCOC(=O)/C(C#N)=C/c1c(C)nn(-c2ccccc2)c1C. The van der Waals surface area contributed by atoms with Crippen LogP contribution in [0, 0.1) is 25.2 Å². The summed E-state index contributed by atoms with van der Waals surface area (Å²) in [6.45, 7) is 6.11. The van der Waals surface area contributed by atoms with Gasteiger partial charge in [0, 0.05) is 11.3 Å². The van der Waals surface area contributed by atoms with Crippen LogP contribution < -0.4 is 0 Å². The number of nitriles is 1. The van der Waals surface area contributed by atoms with Crippen LogP contribution in [-0.4, -0.2) is 22.4 Å². The summed E-state index contributed by atoms with van der Waals surface area (Å²) in [5.74, 6) is -0.586. The Hall–Kier alpha value is -2.87. The fourth-order valence-electron chi connectivity index (χ4n) is 2.35. The minimum absolute atomic E-state index is 0.00934. The number of esters is 1. The Morgan fingerprint density at radius 1 is 1.33 bits per heavy atom. The molecule has 0 saturated heterocycles. The van der Waals surface area contributed by atoms with Crippen molar-refractivity contribution in [2.75, 3.05) is 6.61 Å². The average Bonchev–Trinajstić information content (AvgIpc) is 2.88. The third kappa shape index (κ3) is 3.90. The van der Waals surface area contributed by atoms with E-state index < -0.39 is 5.97 Å². The number of benzene rings is 1. The highest BCUT2D eigenvalue weighted by atomic mass is 16.5. The molecule has 0 N–H and O–H groups in total. The molecule has 0 fully saturated rings. The van der Waals surface area contributed by atoms with Gasteiger partial charge in [-0.2, -0.15) is 10.4 Å². The molecule has 1 aromatic heterocycles. The Morgan fingerprint density at radius 2 is 2.04 bits per heavy atom. The molecule has 124 valence electrons. The number of carbonyl (C=O) groups is 1. The first-order chi connectivity index (χ1) is 11.6. The summed E-state index contributed by atoms with van der Waals surface area (Å²) in [4.78, 5) is 12.0. The highest BCUT2D eigenvalue weighted by molar-refractivity contribution is 5.98. The Kier molecular flexibility index (Phi) is 5.91. The van der Waals surface area contributed by atoms with Crippen LogP contribution in [0.3, 0.4) is 0 Å². The van der Waals surface area contributed by atoms with Gasteiger partial charge >= 0.3 is 5.97 Å². The van der Waals surface area contributed by atoms with Crippen LogP contribution in [0.25, 0.3) is 11.8 Å². The number of rotatable bonds is 6. The molecule has 0 radical (unpaired) electrons. The standard InChI is InChI=1S/C19H21N3O2/c1-4-5-11-24-19(23)16(13-20)12-18-14(2)21-22(15(18)3)17-9-7-6-8-10-17/h6-10,12H,4-5,11H2,1-3H3/b16-12+. The molecule has 0 atom stereocenters. The lowest BCUT2D eigenvalue weighted by atomic mass is 10.1. The molecule has 2 aromatic rings. The highest BCUT2D eigenvalue weighted by Gasteiger charge is 2.16.